The van der Waals surface area contributed by atoms with E-state index in [0.29, 0.717) is 33.5 Å². The van der Waals surface area contributed by atoms with Crippen molar-refractivity contribution in [1.29, 1.82) is 0 Å². The zero-order valence-electron chi connectivity index (χ0n) is 9.75. The van der Waals surface area contributed by atoms with Gasteiger partial charge in [-0.3, -0.25) is 0 Å². The Morgan fingerprint density at radius 2 is 1.79 bits per heavy atom. The fourth-order valence-corrected chi connectivity index (χ4v) is 2.41. The molecule has 6 heteroatoms. The van der Waals surface area contributed by atoms with E-state index in [1.165, 1.54) is 6.07 Å². The molecule has 2 rings (SSSR count). The van der Waals surface area contributed by atoms with Crippen molar-refractivity contribution in [1.82, 2.24) is 0 Å². The molecule has 0 unspecified atom stereocenters. The van der Waals surface area contributed by atoms with Crippen LogP contribution in [0.15, 0.2) is 30.3 Å². The number of anilines is 2. The van der Waals surface area contributed by atoms with Gasteiger partial charge < -0.3 is 16.2 Å². The first-order valence-electron chi connectivity index (χ1n) is 5.43. The quantitative estimate of drug-likeness (QED) is 0.728. The van der Waals surface area contributed by atoms with Crippen molar-refractivity contribution < 1.29 is 5.11 Å². The second-order valence-corrected chi connectivity index (χ2v) is 5.24. The standard InChI is InChI=1S/C13H11Cl3N2O/c14-8-3-7(13(19)11(16)4-8)6-18-12-2-1-9(17)5-10(12)15/h1-5,18-19H,6,17H2. The molecule has 0 saturated carbocycles. The molecule has 0 aliphatic rings. The zero-order valence-corrected chi connectivity index (χ0v) is 12.0. The molecule has 0 bridgehead atoms. The number of benzene rings is 2. The Bertz CT molecular complexity index is 617. The first-order valence-corrected chi connectivity index (χ1v) is 6.56. The Kier molecular flexibility index (Phi) is 4.30. The molecule has 100 valence electrons. The molecule has 0 radical (unpaired) electrons. The lowest BCUT2D eigenvalue weighted by atomic mass is 10.2. The van der Waals surface area contributed by atoms with E-state index in [9.17, 15) is 5.11 Å². The van der Waals surface area contributed by atoms with E-state index in [4.69, 9.17) is 40.5 Å². The van der Waals surface area contributed by atoms with Crippen LogP contribution in [0.5, 0.6) is 5.75 Å². The van der Waals surface area contributed by atoms with Gasteiger partial charge >= 0.3 is 0 Å². The summed E-state index contributed by atoms with van der Waals surface area (Å²) in [4.78, 5) is 0. The largest absolute Gasteiger partial charge is 0.506 e. The highest BCUT2D eigenvalue weighted by Gasteiger charge is 2.08. The van der Waals surface area contributed by atoms with Gasteiger partial charge in [0.1, 0.15) is 5.75 Å². The molecule has 2 aromatic carbocycles. The molecule has 19 heavy (non-hydrogen) atoms. The molecule has 0 saturated heterocycles. The number of halogens is 3. The van der Waals surface area contributed by atoms with E-state index in [1.54, 1.807) is 24.3 Å². The molecule has 0 atom stereocenters. The van der Waals surface area contributed by atoms with Crippen molar-refractivity contribution in [2.45, 2.75) is 6.54 Å². The third kappa shape index (κ3) is 3.38. The van der Waals surface area contributed by atoms with E-state index >= 15 is 0 Å². The molecular weight excluding hydrogens is 307 g/mol. The maximum atomic E-state index is 9.83. The molecule has 0 fully saturated rings. The van der Waals surface area contributed by atoms with Crippen molar-refractivity contribution in [2.75, 3.05) is 11.1 Å². The summed E-state index contributed by atoms with van der Waals surface area (Å²) in [5, 5.41) is 14.1. The number of phenols is 1. The van der Waals surface area contributed by atoms with Crippen molar-refractivity contribution in [2.24, 2.45) is 0 Å². The maximum absolute atomic E-state index is 9.83. The van der Waals surface area contributed by atoms with Gasteiger partial charge in [-0.05, 0) is 30.3 Å². The Balaban J connectivity index is 2.19. The molecular formula is C13H11Cl3N2O. The fourth-order valence-electron chi connectivity index (χ4n) is 1.62. The van der Waals surface area contributed by atoms with E-state index in [1.807, 2.05) is 0 Å². The van der Waals surface area contributed by atoms with Gasteiger partial charge in [0.15, 0.2) is 0 Å². The maximum Gasteiger partial charge on any atom is 0.139 e. The van der Waals surface area contributed by atoms with Gasteiger partial charge in [-0.1, -0.05) is 34.8 Å². The third-order valence-electron chi connectivity index (χ3n) is 2.57. The summed E-state index contributed by atoms with van der Waals surface area (Å²) in [6.07, 6.45) is 0. The number of nitrogen functional groups attached to an aromatic ring is 1. The number of nitrogens with two attached hydrogens (primary N) is 1. The van der Waals surface area contributed by atoms with Crippen LogP contribution in [-0.4, -0.2) is 5.11 Å². The Hall–Kier alpha value is -1.29. The molecule has 2 aromatic rings. The van der Waals surface area contributed by atoms with Crippen LogP contribution in [0.4, 0.5) is 11.4 Å². The lowest BCUT2D eigenvalue weighted by Gasteiger charge is -2.11. The average molecular weight is 318 g/mol. The minimum Gasteiger partial charge on any atom is -0.506 e. The van der Waals surface area contributed by atoms with E-state index in [-0.39, 0.29) is 10.8 Å². The fraction of sp³-hybridized carbons (Fsp3) is 0.0769. The lowest BCUT2D eigenvalue weighted by molar-refractivity contribution is 0.469. The molecule has 0 aliphatic carbocycles. The van der Waals surface area contributed by atoms with Crippen molar-refractivity contribution in [3.8, 4) is 5.75 Å². The van der Waals surface area contributed by atoms with Gasteiger partial charge in [0.25, 0.3) is 0 Å². The summed E-state index contributed by atoms with van der Waals surface area (Å²) in [5.74, 6) is 0.00475. The van der Waals surface area contributed by atoms with Crippen LogP contribution in [0.25, 0.3) is 0 Å². The van der Waals surface area contributed by atoms with Crippen LogP contribution < -0.4 is 11.1 Å². The van der Waals surface area contributed by atoms with Crippen molar-refractivity contribution in [3.05, 3.63) is 51.0 Å². The monoisotopic (exact) mass is 316 g/mol. The van der Waals surface area contributed by atoms with Crippen LogP contribution in [0.1, 0.15) is 5.56 Å². The smallest absolute Gasteiger partial charge is 0.139 e. The average Bonchev–Trinajstić information content (AvgIpc) is 2.33. The highest BCUT2D eigenvalue weighted by atomic mass is 35.5. The second kappa shape index (κ2) is 5.78. The number of rotatable bonds is 3. The van der Waals surface area contributed by atoms with Crippen LogP contribution in [0.2, 0.25) is 15.1 Å². The molecule has 0 spiro atoms. The number of hydrogen-bond acceptors (Lipinski definition) is 3. The number of aromatic hydroxyl groups is 1. The van der Waals surface area contributed by atoms with Gasteiger partial charge in [0.2, 0.25) is 0 Å². The molecule has 0 aromatic heterocycles. The molecule has 4 N–H and O–H groups in total. The number of nitrogens with one attached hydrogen (secondary N) is 1. The Labute approximate surface area is 125 Å². The zero-order chi connectivity index (χ0) is 14.0. The highest BCUT2D eigenvalue weighted by Crippen LogP contribution is 2.32. The summed E-state index contributed by atoms with van der Waals surface area (Å²) >= 11 is 17.8. The van der Waals surface area contributed by atoms with E-state index in [2.05, 4.69) is 5.32 Å². The van der Waals surface area contributed by atoms with Gasteiger partial charge in [-0.2, -0.15) is 0 Å². The number of phenolic OH excluding ortho intramolecular Hbond substituents is 1. The Morgan fingerprint density at radius 3 is 2.47 bits per heavy atom. The molecule has 0 amide bonds. The Morgan fingerprint density at radius 1 is 1.05 bits per heavy atom. The molecule has 0 heterocycles. The molecule has 0 aliphatic heterocycles. The summed E-state index contributed by atoms with van der Waals surface area (Å²) < 4.78 is 0. The summed E-state index contributed by atoms with van der Waals surface area (Å²) in [7, 11) is 0. The van der Waals surface area contributed by atoms with Gasteiger partial charge in [-0.25, -0.2) is 0 Å². The summed E-state index contributed by atoms with van der Waals surface area (Å²) in [6, 6.07) is 8.27. The highest BCUT2D eigenvalue weighted by molar-refractivity contribution is 6.35. The molecule has 3 nitrogen and oxygen atoms in total. The third-order valence-corrected chi connectivity index (χ3v) is 3.39. The van der Waals surface area contributed by atoms with E-state index < -0.39 is 0 Å². The lowest BCUT2D eigenvalue weighted by Crippen LogP contribution is -2.01. The topological polar surface area (TPSA) is 58.3 Å². The van der Waals surface area contributed by atoms with Crippen LogP contribution in [0, 0.1) is 0 Å². The second-order valence-electron chi connectivity index (χ2n) is 3.99. The first kappa shape index (κ1) is 14.1. The minimum atomic E-state index is 0.00475. The van der Waals surface area contributed by atoms with Gasteiger partial charge in [-0.15, -0.1) is 0 Å². The normalized spacial score (nSPS) is 10.5. The van der Waals surface area contributed by atoms with Crippen molar-refractivity contribution >= 4 is 46.2 Å². The first-order chi connectivity index (χ1) is 8.97. The number of hydrogen-bond donors (Lipinski definition) is 3. The summed E-state index contributed by atoms with van der Waals surface area (Å²) in [5.41, 5.74) is 7.50. The van der Waals surface area contributed by atoms with Crippen LogP contribution in [0.3, 0.4) is 0 Å². The predicted molar refractivity (Wildman–Crippen MR) is 81.3 cm³/mol. The van der Waals surface area contributed by atoms with Gasteiger partial charge in [0, 0.05) is 22.8 Å². The van der Waals surface area contributed by atoms with Crippen LogP contribution >= 0.6 is 34.8 Å². The van der Waals surface area contributed by atoms with E-state index in [0.717, 1.165) is 0 Å². The predicted octanol–water partition coefficient (Wildman–Crippen LogP) is 4.55. The van der Waals surface area contributed by atoms with Crippen molar-refractivity contribution in [3.63, 3.8) is 0 Å². The van der Waals surface area contributed by atoms with Crippen LogP contribution in [-0.2, 0) is 6.54 Å². The van der Waals surface area contributed by atoms with Gasteiger partial charge in [0.05, 0.1) is 15.7 Å². The SMILES string of the molecule is Nc1ccc(NCc2cc(Cl)cc(Cl)c2O)c(Cl)c1. The summed E-state index contributed by atoms with van der Waals surface area (Å²) in [6.45, 7) is 0.343. The minimum absolute atomic E-state index is 0.00475.